The molecule has 0 aliphatic heterocycles. The average molecular weight is 247 g/mol. The second-order valence-electron chi connectivity index (χ2n) is 4.06. The summed E-state index contributed by atoms with van der Waals surface area (Å²) in [6.07, 6.45) is -1.000. The molecule has 0 bridgehead atoms. The van der Waals surface area contributed by atoms with E-state index in [1.807, 2.05) is 13.8 Å². The van der Waals surface area contributed by atoms with Crippen molar-refractivity contribution >= 4 is 0 Å². The van der Waals surface area contributed by atoms with Crippen molar-refractivity contribution in [3.63, 3.8) is 0 Å². The van der Waals surface area contributed by atoms with Gasteiger partial charge < -0.3 is 10.1 Å². The Morgan fingerprint density at radius 1 is 1.47 bits per heavy atom. The summed E-state index contributed by atoms with van der Waals surface area (Å²) >= 11 is 0. The van der Waals surface area contributed by atoms with Gasteiger partial charge in [0.2, 0.25) is 0 Å². The number of rotatable bonds is 7. The molecule has 0 unspecified atom stereocenters. The molecule has 0 saturated heterocycles. The number of methoxy groups -OCH3 is 1. The van der Waals surface area contributed by atoms with E-state index in [-0.39, 0.29) is 11.7 Å². The molecule has 0 aromatic carbocycles. The van der Waals surface area contributed by atoms with Crippen molar-refractivity contribution in [1.82, 2.24) is 15.1 Å². The van der Waals surface area contributed by atoms with Crippen LogP contribution in [0.2, 0.25) is 0 Å². The van der Waals surface area contributed by atoms with Gasteiger partial charge in [0.15, 0.2) is 0 Å². The number of nitrogens with one attached hydrogen (secondary N) is 1. The highest BCUT2D eigenvalue weighted by atomic mass is 19.3. The molecular formula is C11H19F2N3O. The molecule has 6 heteroatoms. The molecule has 0 spiro atoms. The molecule has 0 saturated carbocycles. The van der Waals surface area contributed by atoms with Crippen molar-refractivity contribution in [2.45, 2.75) is 32.9 Å². The molecule has 1 aromatic heterocycles. The largest absolute Gasteiger partial charge is 0.383 e. The van der Waals surface area contributed by atoms with Crippen LogP contribution in [0.5, 0.6) is 0 Å². The van der Waals surface area contributed by atoms with Gasteiger partial charge >= 0.3 is 0 Å². The van der Waals surface area contributed by atoms with Gasteiger partial charge in [-0.2, -0.15) is 5.10 Å². The van der Waals surface area contributed by atoms with Crippen molar-refractivity contribution in [2.24, 2.45) is 0 Å². The van der Waals surface area contributed by atoms with Crippen LogP contribution in [-0.2, 0) is 11.3 Å². The summed E-state index contributed by atoms with van der Waals surface area (Å²) in [5.74, 6) is 0. The van der Waals surface area contributed by atoms with E-state index in [1.165, 1.54) is 10.9 Å². The fourth-order valence-corrected chi connectivity index (χ4v) is 1.59. The second-order valence-corrected chi connectivity index (χ2v) is 4.06. The second kappa shape index (κ2) is 6.66. The van der Waals surface area contributed by atoms with E-state index in [0.29, 0.717) is 25.3 Å². The number of aromatic nitrogens is 2. The molecule has 1 aromatic rings. The van der Waals surface area contributed by atoms with Gasteiger partial charge in [-0.15, -0.1) is 0 Å². The first-order valence-corrected chi connectivity index (χ1v) is 5.62. The van der Waals surface area contributed by atoms with E-state index >= 15 is 0 Å². The normalized spacial score (nSPS) is 11.7. The van der Waals surface area contributed by atoms with Crippen LogP contribution in [0.1, 0.15) is 37.6 Å². The molecule has 0 aliphatic rings. The van der Waals surface area contributed by atoms with Gasteiger partial charge in [0.25, 0.3) is 6.43 Å². The Labute approximate surface area is 100.0 Å². The van der Waals surface area contributed by atoms with Crippen molar-refractivity contribution in [1.29, 1.82) is 0 Å². The summed E-state index contributed by atoms with van der Waals surface area (Å²) < 4.78 is 32.1. The first-order chi connectivity index (χ1) is 8.07. The van der Waals surface area contributed by atoms with Crippen molar-refractivity contribution in [3.05, 3.63) is 17.5 Å². The summed E-state index contributed by atoms with van der Waals surface area (Å²) in [5, 5.41) is 7.04. The number of nitrogens with zero attached hydrogens (tertiary/aromatic N) is 2. The number of hydrogen-bond acceptors (Lipinski definition) is 3. The van der Waals surface area contributed by atoms with Crippen LogP contribution in [0.3, 0.4) is 0 Å². The molecule has 0 fully saturated rings. The number of alkyl halides is 2. The fourth-order valence-electron chi connectivity index (χ4n) is 1.59. The third-order valence-corrected chi connectivity index (χ3v) is 2.41. The number of hydrogen-bond donors (Lipinski definition) is 1. The summed E-state index contributed by atoms with van der Waals surface area (Å²) in [4.78, 5) is 0. The molecule has 1 rings (SSSR count). The Kier molecular flexibility index (Phi) is 5.50. The lowest BCUT2D eigenvalue weighted by molar-refractivity contribution is 0.135. The monoisotopic (exact) mass is 247 g/mol. The van der Waals surface area contributed by atoms with Gasteiger partial charge in [-0.05, 0) is 13.8 Å². The first-order valence-electron chi connectivity index (χ1n) is 5.62. The standard InChI is InChI=1S/C11H19F2N3O/c1-8(2)16-10(11(12)13)9(7-15-16)6-14-4-5-17-3/h7-8,11,14H,4-6H2,1-3H3. The van der Waals surface area contributed by atoms with Gasteiger partial charge in [-0.3, -0.25) is 4.68 Å². The summed E-state index contributed by atoms with van der Waals surface area (Å²) in [6.45, 7) is 5.24. The highest BCUT2D eigenvalue weighted by Gasteiger charge is 2.20. The summed E-state index contributed by atoms with van der Waals surface area (Å²) in [5.41, 5.74) is 0.551. The van der Waals surface area contributed by atoms with Crippen LogP contribution in [0.4, 0.5) is 8.78 Å². The quantitative estimate of drug-likeness (QED) is 0.750. The van der Waals surface area contributed by atoms with Crippen LogP contribution >= 0.6 is 0 Å². The highest BCUT2D eigenvalue weighted by molar-refractivity contribution is 5.19. The lowest BCUT2D eigenvalue weighted by atomic mass is 10.2. The number of halogens is 2. The zero-order valence-electron chi connectivity index (χ0n) is 10.4. The van der Waals surface area contributed by atoms with E-state index in [2.05, 4.69) is 10.4 Å². The average Bonchev–Trinajstić information content (AvgIpc) is 2.68. The van der Waals surface area contributed by atoms with Crippen molar-refractivity contribution in [2.75, 3.05) is 20.3 Å². The van der Waals surface area contributed by atoms with Crippen LogP contribution in [0.15, 0.2) is 6.20 Å². The van der Waals surface area contributed by atoms with Gasteiger partial charge in [0, 0.05) is 31.8 Å². The zero-order chi connectivity index (χ0) is 12.8. The molecule has 4 nitrogen and oxygen atoms in total. The van der Waals surface area contributed by atoms with E-state index < -0.39 is 6.43 Å². The SMILES string of the molecule is COCCNCc1cnn(C(C)C)c1C(F)F. The Morgan fingerprint density at radius 3 is 2.71 bits per heavy atom. The van der Waals surface area contributed by atoms with Crippen molar-refractivity contribution < 1.29 is 13.5 Å². The minimum atomic E-state index is -2.50. The Morgan fingerprint density at radius 2 is 2.18 bits per heavy atom. The molecule has 17 heavy (non-hydrogen) atoms. The Hall–Kier alpha value is -1.01. The van der Waals surface area contributed by atoms with Gasteiger partial charge in [0.05, 0.1) is 12.8 Å². The van der Waals surface area contributed by atoms with Gasteiger partial charge in [-0.25, -0.2) is 8.78 Å². The molecule has 0 atom stereocenters. The molecule has 98 valence electrons. The molecule has 0 aliphatic carbocycles. The predicted molar refractivity (Wildman–Crippen MR) is 61.2 cm³/mol. The predicted octanol–water partition coefficient (Wildman–Crippen LogP) is 2.14. The summed E-state index contributed by atoms with van der Waals surface area (Å²) in [6, 6.07) is -0.0632. The molecular weight excluding hydrogens is 228 g/mol. The van der Waals surface area contributed by atoms with Gasteiger partial charge in [-0.1, -0.05) is 0 Å². The number of ether oxygens (including phenoxy) is 1. The van der Waals surface area contributed by atoms with Crippen LogP contribution < -0.4 is 5.32 Å². The zero-order valence-corrected chi connectivity index (χ0v) is 10.4. The minimum absolute atomic E-state index is 0.00455. The lowest BCUT2D eigenvalue weighted by Gasteiger charge is -2.12. The minimum Gasteiger partial charge on any atom is -0.383 e. The third-order valence-electron chi connectivity index (χ3n) is 2.41. The van der Waals surface area contributed by atoms with E-state index in [0.717, 1.165) is 0 Å². The molecule has 1 N–H and O–H groups in total. The maximum absolute atomic E-state index is 12.9. The van der Waals surface area contributed by atoms with Crippen LogP contribution in [0.25, 0.3) is 0 Å². The van der Waals surface area contributed by atoms with Crippen LogP contribution in [-0.4, -0.2) is 30.0 Å². The summed E-state index contributed by atoms with van der Waals surface area (Å²) in [7, 11) is 1.60. The van der Waals surface area contributed by atoms with Crippen molar-refractivity contribution in [3.8, 4) is 0 Å². The maximum Gasteiger partial charge on any atom is 0.280 e. The Balaban J connectivity index is 2.71. The smallest absolute Gasteiger partial charge is 0.280 e. The van der Waals surface area contributed by atoms with Gasteiger partial charge in [0.1, 0.15) is 5.69 Å². The molecule has 1 heterocycles. The van der Waals surface area contributed by atoms with E-state index in [9.17, 15) is 8.78 Å². The maximum atomic E-state index is 12.9. The first kappa shape index (κ1) is 14.1. The highest BCUT2D eigenvalue weighted by Crippen LogP contribution is 2.25. The van der Waals surface area contributed by atoms with Crippen LogP contribution in [0, 0.1) is 0 Å². The lowest BCUT2D eigenvalue weighted by Crippen LogP contribution is -2.19. The topological polar surface area (TPSA) is 39.1 Å². The van der Waals surface area contributed by atoms with E-state index in [4.69, 9.17) is 4.74 Å². The molecule has 0 amide bonds. The fraction of sp³-hybridized carbons (Fsp3) is 0.727. The Bertz CT molecular complexity index is 339. The molecule has 0 radical (unpaired) electrons. The third kappa shape index (κ3) is 3.74. The van der Waals surface area contributed by atoms with E-state index in [1.54, 1.807) is 7.11 Å².